The average Bonchev–Trinajstić information content (AvgIpc) is 2.83. The first-order valence-corrected chi connectivity index (χ1v) is 11.4. The Bertz CT molecular complexity index is 1430. The van der Waals surface area contributed by atoms with Crippen molar-refractivity contribution in [1.29, 1.82) is 0 Å². The van der Waals surface area contributed by atoms with E-state index >= 15 is 0 Å². The minimum Gasteiger partial charge on any atom is -0.497 e. The number of nitrogens with zero attached hydrogens (tertiary/aromatic N) is 2. The Hall–Kier alpha value is -3.46. The van der Waals surface area contributed by atoms with E-state index in [1.165, 1.54) is 10.6 Å². The lowest BCUT2D eigenvalue weighted by molar-refractivity contribution is -0.117. The van der Waals surface area contributed by atoms with Gasteiger partial charge in [0.25, 0.3) is 11.5 Å². The minimum atomic E-state index is -0.350. The summed E-state index contributed by atoms with van der Waals surface area (Å²) >= 11 is 9.57. The molecule has 0 unspecified atom stereocenters. The maximum atomic E-state index is 13.3. The van der Waals surface area contributed by atoms with Gasteiger partial charge in [-0.2, -0.15) is 0 Å². The Morgan fingerprint density at radius 2 is 1.94 bits per heavy atom. The summed E-state index contributed by atoms with van der Waals surface area (Å²) in [6.07, 6.45) is 3.09. The summed E-state index contributed by atoms with van der Waals surface area (Å²) in [5.74, 6) is 0.808. The Kier molecular flexibility index (Phi) is 7.42. The van der Waals surface area contributed by atoms with Crippen LogP contribution in [0.5, 0.6) is 5.75 Å². The smallest absolute Gasteiger partial charge is 0.266 e. The lowest BCUT2D eigenvalue weighted by Crippen LogP contribution is -2.38. The van der Waals surface area contributed by atoms with Crippen LogP contribution in [0.1, 0.15) is 11.4 Å². The van der Waals surface area contributed by atoms with Gasteiger partial charge < -0.3 is 4.74 Å². The number of fused-ring (bicyclic) bond motifs is 1. The molecule has 4 rings (SSSR count). The van der Waals surface area contributed by atoms with E-state index in [-0.39, 0.29) is 18.0 Å². The third-order valence-corrected chi connectivity index (χ3v) is 5.70. The van der Waals surface area contributed by atoms with E-state index in [1.807, 2.05) is 30.3 Å². The third-order valence-electron chi connectivity index (χ3n) is 4.97. The number of nitrogens with one attached hydrogen (secondary N) is 2. The molecule has 3 aromatic carbocycles. The molecule has 0 fully saturated rings. The Morgan fingerprint density at radius 3 is 2.68 bits per heavy atom. The summed E-state index contributed by atoms with van der Waals surface area (Å²) in [6, 6.07) is 19.6. The molecule has 7 nitrogen and oxygen atoms in total. The van der Waals surface area contributed by atoms with E-state index < -0.39 is 0 Å². The molecule has 0 aliphatic rings. The van der Waals surface area contributed by atoms with Crippen LogP contribution in [-0.2, 0) is 11.3 Å². The Morgan fingerprint density at radius 1 is 1.15 bits per heavy atom. The van der Waals surface area contributed by atoms with Crippen molar-refractivity contribution >= 4 is 50.4 Å². The number of hydrogen-bond acceptors (Lipinski definition) is 5. The number of halogens is 2. The van der Waals surface area contributed by atoms with Crippen LogP contribution in [0.4, 0.5) is 0 Å². The van der Waals surface area contributed by atoms with Crippen molar-refractivity contribution < 1.29 is 9.53 Å². The van der Waals surface area contributed by atoms with Gasteiger partial charge in [0.15, 0.2) is 0 Å². The second kappa shape index (κ2) is 10.6. The number of carbonyl (C=O) groups excluding carboxylic acids is 1. The highest BCUT2D eigenvalue weighted by Crippen LogP contribution is 2.19. The molecular weight excluding hydrogens is 520 g/mol. The number of rotatable bonds is 7. The maximum Gasteiger partial charge on any atom is 0.266 e. The van der Waals surface area contributed by atoms with Crippen LogP contribution in [-0.4, -0.2) is 22.6 Å². The molecule has 2 N–H and O–H groups in total. The first-order valence-electron chi connectivity index (χ1n) is 10.3. The van der Waals surface area contributed by atoms with Crippen molar-refractivity contribution in [3.8, 4) is 11.4 Å². The van der Waals surface area contributed by atoms with Crippen molar-refractivity contribution in [2.24, 2.45) is 0 Å². The molecule has 9 heteroatoms. The van der Waals surface area contributed by atoms with E-state index in [0.29, 0.717) is 27.4 Å². The maximum absolute atomic E-state index is 13.3. The molecule has 0 aliphatic heterocycles. The quantitative estimate of drug-likeness (QED) is 0.264. The van der Waals surface area contributed by atoms with Gasteiger partial charge in [-0.15, -0.1) is 0 Å². The summed E-state index contributed by atoms with van der Waals surface area (Å²) < 4.78 is 7.38. The van der Waals surface area contributed by atoms with E-state index in [1.54, 1.807) is 49.6 Å². The molecule has 172 valence electrons. The second-order valence-electron chi connectivity index (χ2n) is 7.26. The van der Waals surface area contributed by atoms with E-state index in [9.17, 15) is 9.59 Å². The molecule has 4 aromatic rings. The number of amides is 1. The van der Waals surface area contributed by atoms with Gasteiger partial charge >= 0.3 is 0 Å². The molecule has 0 spiro atoms. The number of ether oxygens (including phenoxy) is 1. The van der Waals surface area contributed by atoms with Crippen LogP contribution < -0.4 is 21.1 Å². The lowest BCUT2D eigenvalue weighted by Gasteiger charge is -2.15. The standard InChI is InChI=1S/C25H20BrClN4O3/c1-34-20-9-5-16(6-10-20)7-12-24(32)30-28-15-23-29-22-11-8-17(26)13-21(22)25(33)31(23)19-4-2-3-18(27)14-19/h2-14,28H,15H2,1H3,(H,30,32)/b12-7+. The zero-order valence-electron chi connectivity index (χ0n) is 18.1. The molecule has 34 heavy (non-hydrogen) atoms. The third kappa shape index (κ3) is 5.53. The number of hydrazine groups is 1. The molecule has 0 saturated heterocycles. The second-order valence-corrected chi connectivity index (χ2v) is 8.61. The zero-order chi connectivity index (χ0) is 24.1. The molecule has 0 aliphatic carbocycles. The zero-order valence-corrected chi connectivity index (χ0v) is 20.4. The summed E-state index contributed by atoms with van der Waals surface area (Å²) in [7, 11) is 1.60. The number of methoxy groups -OCH3 is 1. The summed E-state index contributed by atoms with van der Waals surface area (Å²) in [4.78, 5) is 30.2. The van der Waals surface area contributed by atoms with Crippen LogP contribution in [0.25, 0.3) is 22.7 Å². The van der Waals surface area contributed by atoms with Gasteiger partial charge in [0.2, 0.25) is 0 Å². The van der Waals surface area contributed by atoms with E-state index in [0.717, 1.165) is 15.8 Å². The van der Waals surface area contributed by atoms with Gasteiger partial charge in [0, 0.05) is 15.6 Å². The highest BCUT2D eigenvalue weighted by Gasteiger charge is 2.13. The van der Waals surface area contributed by atoms with Crippen molar-refractivity contribution in [2.45, 2.75) is 6.54 Å². The van der Waals surface area contributed by atoms with Gasteiger partial charge in [0.05, 0.1) is 30.2 Å². The van der Waals surface area contributed by atoms with E-state index in [2.05, 4.69) is 31.8 Å². The molecule has 1 heterocycles. The summed E-state index contributed by atoms with van der Waals surface area (Å²) in [5, 5.41) is 0.958. The van der Waals surface area contributed by atoms with Gasteiger partial charge in [-0.3, -0.25) is 19.6 Å². The topological polar surface area (TPSA) is 85.2 Å². The van der Waals surface area contributed by atoms with Crippen LogP contribution in [0.2, 0.25) is 5.02 Å². The van der Waals surface area contributed by atoms with Crippen LogP contribution in [0, 0.1) is 0 Å². The predicted octanol–water partition coefficient (Wildman–Crippen LogP) is 4.64. The molecular formula is C25H20BrClN4O3. The first kappa shape index (κ1) is 23.7. The van der Waals surface area contributed by atoms with Gasteiger partial charge in [-0.1, -0.05) is 45.7 Å². The van der Waals surface area contributed by atoms with Gasteiger partial charge in [-0.05, 0) is 60.2 Å². The lowest BCUT2D eigenvalue weighted by atomic mass is 10.2. The number of carbonyl (C=O) groups is 1. The molecule has 1 aromatic heterocycles. The molecule has 0 bridgehead atoms. The van der Waals surface area contributed by atoms with Crippen molar-refractivity contribution in [2.75, 3.05) is 7.11 Å². The Balaban J connectivity index is 1.55. The summed E-state index contributed by atoms with van der Waals surface area (Å²) in [6.45, 7) is 0.107. The fourth-order valence-corrected chi connectivity index (χ4v) is 3.89. The van der Waals surface area contributed by atoms with Crippen molar-refractivity contribution in [3.05, 3.63) is 104 Å². The molecule has 0 radical (unpaired) electrons. The monoisotopic (exact) mass is 538 g/mol. The number of hydrogen-bond donors (Lipinski definition) is 2. The highest BCUT2D eigenvalue weighted by atomic mass is 79.9. The molecule has 0 atom stereocenters. The fraction of sp³-hybridized carbons (Fsp3) is 0.0800. The largest absolute Gasteiger partial charge is 0.497 e. The van der Waals surface area contributed by atoms with Crippen molar-refractivity contribution in [3.63, 3.8) is 0 Å². The SMILES string of the molecule is COc1ccc(/C=C/C(=O)NNCc2nc3ccc(Br)cc3c(=O)n2-c2cccc(Cl)c2)cc1. The number of benzene rings is 3. The Labute approximate surface area is 209 Å². The molecule has 0 saturated carbocycles. The minimum absolute atomic E-state index is 0.107. The highest BCUT2D eigenvalue weighted by molar-refractivity contribution is 9.10. The average molecular weight is 540 g/mol. The van der Waals surface area contributed by atoms with Crippen LogP contribution in [0.3, 0.4) is 0 Å². The molecule has 1 amide bonds. The van der Waals surface area contributed by atoms with Crippen molar-refractivity contribution in [1.82, 2.24) is 20.4 Å². The fourth-order valence-electron chi connectivity index (χ4n) is 3.34. The predicted molar refractivity (Wildman–Crippen MR) is 137 cm³/mol. The van der Waals surface area contributed by atoms with Gasteiger partial charge in [-0.25, -0.2) is 10.4 Å². The number of aromatic nitrogens is 2. The van der Waals surface area contributed by atoms with Crippen LogP contribution >= 0.6 is 27.5 Å². The summed E-state index contributed by atoms with van der Waals surface area (Å²) in [5.41, 5.74) is 7.19. The van der Waals surface area contributed by atoms with E-state index in [4.69, 9.17) is 16.3 Å². The van der Waals surface area contributed by atoms with Crippen LogP contribution in [0.15, 0.2) is 82.1 Å². The first-order chi connectivity index (χ1) is 16.4. The normalized spacial score (nSPS) is 11.1. The van der Waals surface area contributed by atoms with Gasteiger partial charge in [0.1, 0.15) is 11.6 Å².